The van der Waals surface area contributed by atoms with Gasteiger partial charge in [0.25, 0.3) is 0 Å². The zero-order valence-corrected chi connectivity index (χ0v) is 12.4. The van der Waals surface area contributed by atoms with Gasteiger partial charge in [0.05, 0.1) is 0 Å². The summed E-state index contributed by atoms with van der Waals surface area (Å²) in [5.74, 6) is 0. The first-order chi connectivity index (χ1) is 8.72. The fourth-order valence-corrected chi connectivity index (χ4v) is 2.34. The molecule has 102 valence electrons. The Kier molecular flexibility index (Phi) is 6.81. The first-order valence-corrected chi connectivity index (χ1v) is 7.28. The molecule has 0 fully saturated rings. The fourth-order valence-electron chi connectivity index (χ4n) is 2.34. The number of nitrogens with zero attached hydrogens (tertiary/aromatic N) is 1. The van der Waals surface area contributed by atoms with E-state index in [0.717, 1.165) is 26.2 Å². The van der Waals surface area contributed by atoms with Crippen molar-refractivity contribution in [1.82, 2.24) is 5.32 Å². The van der Waals surface area contributed by atoms with E-state index in [2.05, 4.69) is 56.1 Å². The Morgan fingerprint density at radius 2 is 1.72 bits per heavy atom. The lowest BCUT2D eigenvalue weighted by atomic mass is 10.1. The molecule has 0 spiro atoms. The van der Waals surface area contributed by atoms with Gasteiger partial charge in [0.1, 0.15) is 0 Å². The quantitative estimate of drug-likeness (QED) is 0.754. The molecule has 0 atom stereocenters. The Morgan fingerprint density at radius 3 is 2.22 bits per heavy atom. The summed E-state index contributed by atoms with van der Waals surface area (Å²) in [4.78, 5) is 2.51. The molecule has 0 saturated carbocycles. The maximum atomic E-state index is 3.38. The van der Waals surface area contributed by atoms with Crippen LogP contribution in [-0.4, -0.2) is 19.6 Å². The van der Waals surface area contributed by atoms with Gasteiger partial charge in [-0.2, -0.15) is 0 Å². The van der Waals surface area contributed by atoms with Gasteiger partial charge in [0, 0.05) is 25.3 Å². The lowest BCUT2D eigenvalue weighted by Crippen LogP contribution is -2.25. The predicted octanol–water partition coefficient (Wildman–Crippen LogP) is 3.73. The monoisotopic (exact) mass is 248 g/mol. The number of aryl methyl sites for hydroxylation is 1. The van der Waals surface area contributed by atoms with Crippen LogP contribution in [0.1, 0.15) is 44.7 Å². The van der Waals surface area contributed by atoms with Gasteiger partial charge >= 0.3 is 0 Å². The van der Waals surface area contributed by atoms with Crippen molar-refractivity contribution in [3.63, 3.8) is 0 Å². The molecule has 2 nitrogen and oxygen atoms in total. The van der Waals surface area contributed by atoms with E-state index in [1.807, 2.05) is 0 Å². The van der Waals surface area contributed by atoms with Gasteiger partial charge in [-0.3, -0.25) is 0 Å². The topological polar surface area (TPSA) is 15.3 Å². The summed E-state index contributed by atoms with van der Waals surface area (Å²) in [5.41, 5.74) is 4.18. The molecule has 2 heteroatoms. The van der Waals surface area contributed by atoms with Gasteiger partial charge in [-0.25, -0.2) is 0 Å². The molecular weight excluding hydrogens is 220 g/mol. The SMILES string of the molecule is CCCN(CCC)c1ccc(CNCC)cc1C. The summed E-state index contributed by atoms with van der Waals surface area (Å²) in [7, 11) is 0. The van der Waals surface area contributed by atoms with Crippen LogP contribution in [0.3, 0.4) is 0 Å². The number of rotatable bonds is 8. The molecule has 0 aliphatic rings. The average molecular weight is 248 g/mol. The van der Waals surface area contributed by atoms with Crippen molar-refractivity contribution in [3.05, 3.63) is 29.3 Å². The minimum Gasteiger partial charge on any atom is -0.371 e. The highest BCUT2D eigenvalue weighted by Crippen LogP contribution is 2.22. The van der Waals surface area contributed by atoms with Gasteiger partial charge < -0.3 is 10.2 Å². The number of hydrogen-bond acceptors (Lipinski definition) is 2. The number of hydrogen-bond donors (Lipinski definition) is 1. The predicted molar refractivity (Wildman–Crippen MR) is 81.4 cm³/mol. The van der Waals surface area contributed by atoms with Crippen molar-refractivity contribution in [2.75, 3.05) is 24.5 Å². The van der Waals surface area contributed by atoms with Crippen LogP contribution in [0.15, 0.2) is 18.2 Å². The van der Waals surface area contributed by atoms with Crippen molar-refractivity contribution in [2.45, 2.75) is 47.1 Å². The molecule has 0 unspecified atom stereocenters. The molecule has 0 saturated heterocycles. The molecule has 0 heterocycles. The minimum atomic E-state index is 0.971. The van der Waals surface area contributed by atoms with E-state index in [4.69, 9.17) is 0 Å². The zero-order chi connectivity index (χ0) is 13.4. The molecule has 0 amide bonds. The van der Waals surface area contributed by atoms with E-state index in [1.165, 1.54) is 29.7 Å². The van der Waals surface area contributed by atoms with Crippen molar-refractivity contribution < 1.29 is 0 Å². The third kappa shape index (κ3) is 4.34. The van der Waals surface area contributed by atoms with Gasteiger partial charge in [-0.15, -0.1) is 0 Å². The lowest BCUT2D eigenvalue weighted by Gasteiger charge is -2.26. The Bertz CT molecular complexity index is 341. The second kappa shape index (κ2) is 8.15. The number of benzene rings is 1. The highest BCUT2D eigenvalue weighted by atomic mass is 15.1. The Balaban J connectivity index is 2.81. The van der Waals surface area contributed by atoms with E-state index >= 15 is 0 Å². The van der Waals surface area contributed by atoms with Crippen LogP contribution in [0.2, 0.25) is 0 Å². The fraction of sp³-hybridized carbons (Fsp3) is 0.625. The largest absolute Gasteiger partial charge is 0.371 e. The van der Waals surface area contributed by atoms with Crippen LogP contribution in [0, 0.1) is 6.92 Å². The second-order valence-electron chi connectivity index (χ2n) is 4.89. The maximum Gasteiger partial charge on any atom is 0.0396 e. The van der Waals surface area contributed by atoms with Crippen LogP contribution in [-0.2, 0) is 6.54 Å². The Labute approximate surface area is 112 Å². The van der Waals surface area contributed by atoms with Crippen LogP contribution in [0.25, 0.3) is 0 Å². The van der Waals surface area contributed by atoms with Gasteiger partial charge in [-0.1, -0.05) is 32.9 Å². The standard InChI is InChI=1S/C16H28N2/c1-5-10-18(11-6-2)16-9-8-15(12-14(16)4)13-17-7-3/h8-9,12,17H,5-7,10-11,13H2,1-4H3. The molecular formula is C16H28N2. The minimum absolute atomic E-state index is 0.971. The summed E-state index contributed by atoms with van der Waals surface area (Å²) in [5, 5.41) is 3.38. The van der Waals surface area contributed by atoms with Gasteiger partial charge in [0.2, 0.25) is 0 Å². The van der Waals surface area contributed by atoms with Gasteiger partial charge in [0.15, 0.2) is 0 Å². The van der Waals surface area contributed by atoms with Crippen LogP contribution in [0.5, 0.6) is 0 Å². The Morgan fingerprint density at radius 1 is 1.06 bits per heavy atom. The first kappa shape index (κ1) is 15.0. The Hall–Kier alpha value is -1.02. The highest BCUT2D eigenvalue weighted by Gasteiger charge is 2.07. The maximum absolute atomic E-state index is 3.38. The van der Waals surface area contributed by atoms with E-state index in [9.17, 15) is 0 Å². The number of nitrogens with one attached hydrogen (secondary N) is 1. The third-order valence-electron chi connectivity index (χ3n) is 3.17. The van der Waals surface area contributed by atoms with E-state index in [0.29, 0.717) is 0 Å². The molecule has 1 aromatic rings. The smallest absolute Gasteiger partial charge is 0.0396 e. The summed E-state index contributed by atoms with van der Waals surface area (Å²) < 4.78 is 0. The van der Waals surface area contributed by atoms with Crippen molar-refractivity contribution in [3.8, 4) is 0 Å². The molecule has 0 aromatic heterocycles. The van der Waals surface area contributed by atoms with E-state index in [1.54, 1.807) is 0 Å². The molecule has 1 rings (SSSR count). The summed E-state index contributed by atoms with van der Waals surface area (Å²) >= 11 is 0. The molecule has 18 heavy (non-hydrogen) atoms. The summed E-state index contributed by atoms with van der Waals surface area (Å²) in [6.07, 6.45) is 2.41. The second-order valence-corrected chi connectivity index (χ2v) is 4.89. The van der Waals surface area contributed by atoms with E-state index < -0.39 is 0 Å². The van der Waals surface area contributed by atoms with Crippen molar-refractivity contribution in [2.24, 2.45) is 0 Å². The molecule has 0 radical (unpaired) electrons. The van der Waals surface area contributed by atoms with Crippen LogP contribution >= 0.6 is 0 Å². The van der Waals surface area contributed by atoms with Crippen molar-refractivity contribution in [1.29, 1.82) is 0 Å². The lowest BCUT2D eigenvalue weighted by molar-refractivity contribution is 0.723. The van der Waals surface area contributed by atoms with E-state index in [-0.39, 0.29) is 0 Å². The first-order valence-electron chi connectivity index (χ1n) is 7.28. The normalized spacial score (nSPS) is 10.7. The highest BCUT2D eigenvalue weighted by molar-refractivity contribution is 5.54. The molecule has 0 bridgehead atoms. The number of anilines is 1. The summed E-state index contributed by atoms with van der Waals surface area (Å²) in [6, 6.07) is 6.85. The van der Waals surface area contributed by atoms with Gasteiger partial charge in [-0.05, 0) is 43.5 Å². The third-order valence-corrected chi connectivity index (χ3v) is 3.17. The molecule has 1 N–H and O–H groups in total. The van der Waals surface area contributed by atoms with Crippen LogP contribution < -0.4 is 10.2 Å². The van der Waals surface area contributed by atoms with Crippen LogP contribution in [0.4, 0.5) is 5.69 Å². The summed E-state index contributed by atoms with van der Waals surface area (Å²) in [6.45, 7) is 13.2. The van der Waals surface area contributed by atoms with Crippen molar-refractivity contribution >= 4 is 5.69 Å². The zero-order valence-electron chi connectivity index (χ0n) is 12.4. The molecule has 1 aromatic carbocycles. The molecule has 0 aliphatic heterocycles. The molecule has 0 aliphatic carbocycles. The average Bonchev–Trinajstić information content (AvgIpc) is 2.36.